The summed E-state index contributed by atoms with van der Waals surface area (Å²) in [5.74, 6) is 1.26. The van der Waals surface area contributed by atoms with Crippen molar-refractivity contribution < 1.29 is 23.8 Å². The molecule has 1 saturated heterocycles. The molecule has 3 rings (SSSR count). The summed E-state index contributed by atoms with van der Waals surface area (Å²) in [6, 6.07) is 12.2. The molecular weight excluding hydrogens is 408 g/mol. The highest BCUT2D eigenvalue weighted by molar-refractivity contribution is 6.31. The summed E-state index contributed by atoms with van der Waals surface area (Å²) in [4.78, 5) is 26.9. The van der Waals surface area contributed by atoms with Crippen molar-refractivity contribution in [2.45, 2.75) is 18.9 Å². The third-order valence-corrected chi connectivity index (χ3v) is 5.20. The van der Waals surface area contributed by atoms with Crippen molar-refractivity contribution in [3.8, 4) is 17.2 Å². The quantitative estimate of drug-likeness (QED) is 0.727. The van der Waals surface area contributed by atoms with E-state index in [4.69, 9.17) is 25.8 Å². The van der Waals surface area contributed by atoms with Crippen LogP contribution in [0.2, 0.25) is 5.02 Å². The van der Waals surface area contributed by atoms with Gasteiger partial charge in [0.05, 0.1) is 19.8 Å². The summed E-state index contributed by atoms with van der Waals surface area (Å²) in [6.07, 6.45) is 1.32. The summed E-state index contributed by atoms with van der Waals surface area (Å²) in [7, 11) is 3.07. The van der Waals surface area contributed by atoms with Crippen molar-refractivity contribution in [1.82, 2.24) is 10.2 Å². The van der Waals surface area contributed by atoms with E-state index < -0.39 is 0 Å². The third kappa shape index (κ3) is 5.36. The van der Waals surface area contributed by atoms with Gasteiger partial charge in [0.15, 0.2) is 18.1 Å². The SMILES string of the molecule is COc1ccccc1OCC(=O)NC1CCN(C(=O)c2cc(Cl)ccc2OC)CC1. The van der Waals surface area contributed by atoms with Gasteiger partial charge in [0, 0.05) is 24.2 Å². The Labute approximate surface area is 180 Å². The smallest absolute Gasteiger partial charge is 0.258 e. The first kappa shape index (κ1) is 21.8. The number of amides is 2. The molecule has 1 heterocycles. The van der Waals surface area contributed by atoms with Crippen LogP contribution in [-0.2, 0) is 4.79 Å². The van der Waals surface area contributed by atoms with Crippen LogP contribution in [0.1, 0.15) is 23.2 Å². The van der Waals surface area contributed by atoms with Gasteiger partial charge in [-0.3, -0.25) is 9.59 Å². The van der Waals surface area contributed by atoms with Gasteiger partial charge in [0.2, 0.25) is 0 Å². The van der Waals surface area contributed by atoms with Gasteiger partial charge in [0.1, 0.15) is 5.75 Å². The monoisotopic (exact) mass is 432 g/mol. The van der Waals surface area contributed by atoms with Crippen LogP contribution in [-0.4, -0.2) is 56.7 Å². The van der Waals surface area contributed by atoms with E-state index in [9.17, 15) is 9.59 Å². The average molecular weight is 433 g/mol. The summed E-state index contributed by atoms with van der Waals surface area (Å²) in [5, 5.41) is 3.45. The predicted octanol–water partition coefficient (Wildman–Crippen LogP) is 3.16. The van der Waals surface area contributed by atoms with E-state index in [2.05, 4.69) is 5.32 Å². The van der Waals surface area contributed by atoms with E-state index in [0.717, 1.165) is 0 Å². The number of carbonyl (C=O) groups excluding carboxylic acids is 2. The second-order valence-electron chi connectivity index (χ2n) is 6.92. The highest BCUT2D eigenvalue weighted by Crippen LogP contribution is 2.26. The maximum absolute atomic E-state index is 12.8. The van der Waals surface area contributed by atoms with Gasteiger partial charge in [-0.2, -0.15) is 0 Å². The molecule has 0 radical (unpaired) electrons. The third-order valence-electron chi connectivity index (χ3n) is 4.97. The second kappa shape index (κ2) is 10.2. The molecule has 0 bridgehead atoms. The highest BCUT2D eigenvalue weighted by Gasteiger charge is 2.26. The molecule has 7 nitrogen and oxygen atoms in total. The van der Waals surface area contributed by atoms with E-state index in [0.29, 0.717) is 53.8 Å². The fourth-order valence-corrected chi connectivity index (χ4v) is 3.57. The Morgan fingerprint density at radius 1 is 1.03 bits per heavy atom. The summed E-state index contributed by atoms with van der Waals surface area (Å²) >= 11 is 6.04. The predicted molar refractivity (Wildman–Crippen MR) is 114 cm³/mol. The van der Waals surface area contributed by atoms with Crippen molar-refractivity contribution in [3.05, 3.63) is 53.1 Å². The van der Waals surface area contributed by atoms with Crippen molar-refractivity contribution in [2.75, 3.05) is 33.9 Å². The Kier molecular flexibility index (Phi) is 7.41. The zero-order chi connectivity index (χ0) is 21.5. The average Bonchev–Trinajstić information content (AvgIpc) is 2.78. The van der Waals surface area contributed by atoms with E-state index in [1.165, 1.54) is 7.11 Å². The van der Waals surface area contributed by atoms with Crippen LogP contribution in [0.5, 0.6) is 17.2 Å². The molecule has 0 spiro atoms. The molecule has 0 unspecified atom stereocenters. The number of rotatable bonds is 7. The van der Waals surface area contributed by atoms with Crippen molar-refractivity contribution >= 4 is 23.4 Å². The molecule has 0 saturated carbocycles. The maximum atomic E-state index is 12.8. The van der Waals surface area contributed by atoms with E-state index in [1.807, 2.05) is 12.1 Å². The molecule has 30 heavy (non-hydrogen) atoms. The summed E-state index contributed by atoms with van der Waals surface area (Å²) < 4.78 is 16.0. The topological polar surface area (TPSA) is 77.1 Å². The van der Waals surface area contributed by atoms with Crippen LogP contribution in [0.4, 0.5) is 0 Å². The minimum atomic E-state index is -0.206. The fourth-order valence-electron chi connectivity index (χ4n) is 3.40. The summed E-state index contributed by atoms with van der Waals surface area (Å²) in [6.45, 7) is 0.971. The normalized spacial score (nSPS) is 14.2. The van der Waals surface area contributed by atoms with Gasteiger partial charge in [0.25, 0.3) is 11.8 Å². The Morgan fingerprint density at radius 2 is 1.70 bits per heavy atom. The molecule has 2 aromatic rings. The number of carbonyl (C=O) groups is 2. The van der Waals surface area contributed by atoms with Crippen LogP contribution in [0.3, 0.4) is 0 Å². The Bertz CT molecular complexity index is 897. The number of nitrogens with zero attached hydrogens (tertiary/aromatic N) is 1. The van der Waals surface area contributed by atoms with Gasteiger partial charge in [-0.1, -0.05) is 23.7 Å². The van der Waals surface area contributed by atoms with Gasteiger partial charge in [-0.25, -0.2) is 0 Å². The second-order valence-corrected chi connectivity index (χ2v) is 7.35. The van der Waals surface area contributed by atoms with E-state index in [1.54, 1.807) is 42.3 Å². The molecule has 1 aliphatic rings. The van der Waals surface area contributed by atoms with Crippen molar-refractivity contribution in [2.24, 2.45) is 0 Å². The number of para-hydroxylation sites is 2. The zero-order valence-electron chi connectivity index (χ0n) is 17.0. The van der Waals surface area contributed by atoms with Crippen LogP contribution in [0.15, 0.2) is 42.5 Å². The molecule has 1 fully saturated rings. The molecule has 2 aromatic carbocycles. The lowest BCUT2D eigenvalue weighted by atomic mass is 10.0. The van der Waals surface area contributed by atoms with E-state index in [-0.39, 0.29) is 24.5 Å². The number of halogens is 1. The minimum Gasteiger partial charge on any atom is -0.496 e. The Morgan fingerprint density at radius 3 is 2.37 bits per heavy atom. The number of hydrogen-bond donors (Lipinski definition) is 1. The van der Waals surface area contributed by atoms with Crippen LogP contribution in [0.25, 0.3) is 0 Å². The number of ether oxygens (including phenoxy) is 3. The number of nitrogens with one attached hydrogen (secondary N) is 1. The minimum absolute atomic E-state index is 0.0101. The van der Waals surface area contributed by atoms with Crippen LogP contribution in [0, 0.1) is 0 Å². The fraction of sp³-hybridized carbons (Fsp3) is 0.364. The number of likely N-dealkylation sites (tertiary alicyclic amines) is 1. The van der Waals surface area contributed by atoms with Crippen molar-refractivity contribution in [1.29, 1.82) is 0 Å². The Hall–Kier alpha value is -2.93. The molecule has 1 aliphatic heterocycles. The van der Waals surface area contributed by atoms with E-state index >= 15 is 0 Å². The van der Waals surface area contributed by atoms with Crippen molar-refractivity contribution in [3.63, 3.8) is 0 Å². The zero-order valence-corrected chi connectivity index (χ0v) is 17.8. The first-order valence-electron chi connectivity index (χ1n) is 9.69. The largest absolute Gasteiger partial charge is 0.496 e. The number of piperidine rings is 1. The van der Waals surface area contributed by atoms with Gasteiger partial charge >= 0.3 is 0 Å². The molecule has 0 aromatic heterocycles. The first-order chi connectivity index (χ1) is 14.5. The lowest BCUT2D eigenvalue weighted by molar-refractivity contribution is -0.124. The van der Waals surface area contributed by atoms with Gasteiger partial charge in [-0.15, -0.1) is 0 Å². The highest BCUT2D eigenvalue weighted by atomic mass is 35.5. The van der Waals surface area contributed by atoms with Crippen LogP contribution < -0.4 is 19.5 Å². The lowest BCUT2D eigenvalue weighted by Gasteiger charge is -2.32. The molecule has 2 amide bonds. The van der Waals surface area contributed by atoms with Gasteiger partial charge in [-0.05, 0) is 43.2 Å². The molecular formula is C22H25ClN2O5. The van der Waals surface area contributed by atoms with Gasteiger partial charge < -0.3 is 24.4 Å². The molecule has 160 valence electrons. The number of benzene rings is 2. The lowest BCUT2D eigenvalue weighted by Crippen LogP contribution is -2.47. The van der Waals surface area contributed by atoms with Crippen LogP contribution >= 0.6 is 11.6 Å². The molecule has 8 heteroatoms. The first-order valence-corrected chi connectivity index (χ1v) is 10.1. The Balaban J connectivity index is 1.49. The summed E-state index contributed by atoms with van der Waals surface area (Å²) in [5.41, 5.74) is 0.442. The molecule has 1 N–H and O–H groups in total. The number of methoxy groups -OCH3 is 2. The molecule has 0 aliphatic carbocycles. The molecule has 0 atom stereocenters. The standard InChI is InChI=1S/C22H25ClN2O5/c1-28-18-8-7-15(23)13-17(18)22(27)25-11-9-16(10-12-25)24-21(26)14-30-20-6-4-3-5-19(20)29-2/h3-8,13,16H,9-12,14H2,1-2H3,(H,24,26). The maximum Gasteiger partial charge on any atom is 0.258 e. The number of hydrogen-bond acceptors (Lipinski definition) is 5.